The molecule has 0 bridgehead atoms. The predicted molar refractivity (Wildman–Crippen MR) is 121 cm³/mol. The molecule has 7 nitrogen and oxygen atoms in total. The van der Waals surface area contributed by atoms with Crippen molar-refractivity contribution in [1.29, 1.82) is 0 Å². The number of aromatic amines is 1. The number of fused-ring (bicyclic) bond motifs is 5. The lowest BCUT2D eigenvalue weighted by Crippen LogP contribution is -2.66. The van der Waals surface area contributed by atoms with Crippen LogP contribution in [-0.4, -0.2) is 48.0 Å². The van der Waals surface area contributed by atoms with E-state index in [0.717, 1.165) is 27.7 Å². The van der Waals surface area contributed by atoms with Crippen molar-refractivity contribution < 1.29 is 19.1 Å². The van der Waals surface area contributed by atoms with Crippen molar-refractivity contribution >= 4 is 22.7 Å². The third-order valence-corrected chi connectivity index (χ3v) is 6.58. The molecular formula is C25H27N3O4. The number of hydrogen-bond acceptors (Lipinski definition) is 4. The van der Waals surface area contributed by atoms with E-state index in [2.05, 4.69) is 16.4 Å². The van der Waals surface area contributed by atoms with Gasteiger partial charge < -0.3 is 24.7 Å². The lowest BCUT2D eigenvalue weighted by molar-refractivity contribution is -0.154. The standard InChI is InChI=1S/C25H27N3O4/c1-14(2)32-19-10-9-15(11-20(19)31-4)17-13-28-21(29)12-26-24(30)25(28,3)23-22(17)16-7-5-6-8-18(16)27-23/h5-11,14,17,27H,12-13H2,1-4H3,(H,26,30)/t17?,25-/m0/s1. The van der Waals surface area contributed by atoms with Gasteiger partial charge in [0.25, 0.3) is 5.91 Å². The average Bonchev–Trinajstić information content (AvgIpc) is 3.17. The quantitative estimate of drug-likeness (QED) is 0.662. The zero-order valence-electron chi connectivity index (χ0n) is 18.7. The Kier molecular flexibility index (Phi) is 4.65. The molecule has 0 saturated carbocycles. The Bertz CT molecular complexity index is 1230. The number of nitrogens with one attached hydrogen (secondary N) is 2. The van der Waals surface area contributed by atoms with Crippen molar-refractivity contribution in [2.24, 2.45) is 0 Å². The summed E-state index contributed by atoms with van der Waals surface area (Å²) in [5.74, 6) is 0.953. The van der Waals surface area contributed by atoms with Crippen LogP contribution in [-0.2, 0) is 15.1 Å². The fraction of sp³-hybridized carbons (Fsp3) is 0.360. The Labute approximate surface area is 186 Å². The average molecular weight is 434 g/mol. The summed E-state index contributed by atoms with van der Waals surface area (Å²) in [6.45, 7) is 6.19. The molecule has 1 fully saturated rings. The number of amides is 2. The Morgan fingerprint density at radius 3 is 2.66 bits per heavy atom. The third-order valence-electron chi connectivity index (χ3n) is 6.58. The van der Waals surface area contributed by atoms with E-state index in [1.54, 1.807) is 12.0 Å². The van der Waals surface area contributed by atoms with Gasteiger partial charge in [-0.15, -0.1) is 0 Å². The number of piperazine rings is 1. The van der Waals surface area contributed by atoms with Gasteiger partial charge in [0.15, 0.2) is 17.0 Å². The van der Waals surface area contributed by atoms with Crippen molar-refractivity contribution in [2.45, 2.75) is 38.3 Å². The highest BCUT2D eigenvalue weighted by atomic mass is 16.5. The van der Waals surface area contributed by atoms with Crippen molar-refractivity contribution in [3.8, 4) is 11.5 Å². The van der Waals surface area contributed by atoms with E-state index < -0.39 is 5.54 Å². The number of methoxy groups -OCH3 is 1. The first-order valence-electron chi connectivity index (χ1n) is 10.9. The van der Waals surface area contributed by atoms with Crippen LogP contribution in [0.1, 0.15) is 43.5 Å². The van der Waals surface area contributed by atoms with Crippen LogP contribution < -0.4 is 14.8 Å². The molecule has 0 spiro atoms. The number of H-pyrrole nitrogens is 1. The molecule has 1 aromatic heterocycles. The van der Waals surface area contributed by atoms with Crippen molar-refractivity contribution in [1.82, 2.24) is 15.2 Å². The number of aromatic nitrogens is 1. The highest BCUT2D eigenvalue weighted by Crippen LogP contribution is 2.47. The molecule has 7 heteroatoms. The van der Waals surface area contributed by atoms with E-state index in [1.165, 1.54) is 0 Å². The number of carbonyl (C=O) groups excluding carboxylic acids is 2. The van der Waals surface area contributed by atoms with Gasteiger partial charge in [0.1, 0.15) is 0 Å². The minimum Gasteiger partial charge on any atom is -0.493 e. The molecule has 0 aliphatic carbocycles. The van der Waals surface area contributed by atoms with Crippen molar-refractivity contribution in [2.75, 3.05) is 20.2 Å². The summed E-state index contributed by atoms with van der Waals surface area (Å²) in [5, 5.41) is 3.82. The first kappa shape index (κ1) is 20.4. The smallest absolute Gasteiger partial charge is 0.252 e. The Balaban J connectivity index is 1.72. The zero-order valence-corrected chi connectivity index (χ0v) is 18.7. The molecule has 32 heavy (non-hydrogen) atoms. The third kappa shape index (κ3) is 2.87. The minimum atomic E-state index is -1.08. The Hall–Kier alpha value is -3.48. The van der Waals surface area contributed by atoms with Gasteiger partial charge in [-0.1, -0.05) is 24.3 Å². The van der Waals surface area contributed by atoms with Crippen LogP contribution in [0.25, 0.3) is 10.9 Å². The van der Waals surface area contributed by atoms with Crippen LogP contribution in [0.2, 0.25) is 0 Å². The summed E-state index contributed by atoms with van der Waals surface area (Å²) in [5.41, 5.74) is 2.68. The first-order chi connectivity index (χ1) is 15.3. The summed E-state index contributed by atoms with van der Waals surface area (Å²) < 4.78 is 11.5. The maximum absolute atomic E-state index is 13.1. The molecule has 0 radical (unpaired) electrons. The van der Waals surface area contributed by atoms with E-state index in [1.807, 2.05) is 57.2 Å². The predicted octanol–water partition coefficient (Wildman–Crippen LogP) is 3.28. The monoisotopic (exact) mass is 433 g/mol. The van der Waals surface area contributed by atoms with Gasteiger partial charge in [-0.25, -0.2) is 0 Å². The number of benzene rings is 2. The van der Waals surface area contributed by atoms with Crippen LogP contribution in [0.5, 0.6) is 11.5 Å². The number of nitrogens with zero attached hydrogens (tertiary/aromatic N) is 1. The number of rotatable bonds is 4. The molecule has 3 aromatic rings. The summed E-state index contributed by atoms with van der Waals surface area (Å²) in [7, 11) is 1.62. The van der Waals surface area contributed by atoms with Crippen LogP contribution in [0.3, 0.4) is 0 Å². The first-order valence-corrected chi connectivity index (χ1v) is 10.9. The van der Waals surface area contributed by atoms with E-state index in [0.29, 0.717) is 18.0 Å². The summed E-state index contributed by atoms with van der Waals surface area (Å²) in [4.78, 5) is 31.2. The molecule has 2 amide bonds. The second-order valence-electron chi connectivity index (χ2n) is 8.85. The van der Waals surface area contributed by atoms with Crippen LogP contribution >= 0.6 is 0 Å². The highest BCUT2D eigenvalue weighted by molar-refractivity contribution is 6.01. The van der Waals surface area contributed by atoms with Gasteiger partial charge in [-0.2, -0.15) is 0 Å². The molecule has 166 valence electrons. The fourth-order valence-corrected chi connectivity index (χ4v) is 5.04. The number of para-hydroxylation sites is 1. The van der Waals surface area contributed by atoms with Crippen molar-refractivity contribution in [3.63, 3.8) is 0 Å². The van der Waals surface area contributed by atoms with E-state index in [4.69, 9.17) is 9.47 Å². The minimum absolute atomic E-state index is 0.0151. The van der Waals surface area contributed by atoms with Gasteiger partial charge in [0, 0.05) is 23.4 Å². The molecular weight excluding hydrogens is 406 g/mol. The Morgan fingerprint density at radius 2 is 1.91 bits per heavy atom. The molecule has 3 heterocycles. The molecule has 2 aliphatic rings. The van der Waals surface area contributed by atoms with Gasteiger partial charge in [0.05, 0.1) is 25.5 Å². The SMILES string of the molecule is COc1cc(C2CN3C(=O)CNC(=O)[C@]3(C)c3[nH]c4ccccc4c32)ccc1OC(C)C. The highest BCUT2D eigenvalue weighted by Gasteiger charge is 2.53. The van der Waals surface area contributed by atoms with Crippen LogP contribution in [0.4, 0.5) is 0 Å². The van der Waals surface area contributed by atoms with E-state index in [-0.39, 0.29) is 30.4 Å². The van der Waals surface area contributed by atoms with E-state index in [9.17, 15) is 9.59 Å². The van der Waals surface area contributed by atoms with Crippen molar-refractivity contribution in [3.05, 3.63) is 59.3 Å². The summed E-state index contributed by atoms with van der Waals surface area (Å²) in [6.07, 6.45) is 0.0230. The van der Waals surface area contributed by atoms with Gasteiger partial charge in [0.2, 0.25) is 5.91 Å². The number of hydrogen-bond donors (Lipinski definition) is 2. The maximum Gasteiger partial charge on any atom is 0.252 e. The van der Waals surface area contributed by atoms with Crippen LogP contribution in [0, 0.1) is 0 Å². The maximum atomic E-state index is 13.1. The molecule has 2 atom stereocenters. The molecule has 1 unspecified atom stereocenters. The number of carbonyl (C=O) groups is 2. The van der Waals surface area contributed by atoms with Gasteiger partial charge >= 0.3 is 0 Å². The molecule has 2 aromatic carbocycles. The molecule has 5 rings (SSSR count). The largest absolute Gasteiger partial charge is 0.493 e. The van der Waals surface area contributed by atoms with Crippen LogP contribution in [0.15, 0.2) is 42.5 Å². The zero-order chi connectivity index (χ0) is 22.6. The molecule has 2 aliphatic heterocycles. The fourth-order valence-electron chi connectivity index (χ4n) is 5.04. The summed E-state index contributed by atoms with van der Waals surface area (Å²) in [6, 6.07) is 13.9. The lowest BCUT2D eigenvalue weighted by Gasteiger charge is -2.48. The second-order valence-corrected chi connectivity index (χ2v) is 8.85. The molecule has 1 saturated heterocycles. The lowest BCUT2D eigenvalue weighted by atomic mass is 9.76. The second kappa shape index (κ2) is 7.29. The van der Waals surface area contributed by atoms with E-state index >= 15 is 0 Å². The normalized spacial score (nSPS) is 22.5. The Morgan fingerprint density at radius 1 is 1.12 bits per heavy atom. The number of ether oxygens (including phenoxy) is 2. The summed E-state index contributed by atoms with van der Waals surface area (Å²) >= 11 is 0. The topological polar surface area (TPSA) is 83.7 Å². The van der Waals surface area contributed by atoms with Gasteiger partial charge in [-0.05, 0) is 50.1 Å². The van der Waals surface area contributed by atoms with Gasteiger partial charge in [-0.3, -0.25) is 9.59 Å². The molecule has 2 N–H and O–H groups in total.